The van der Waals surface area contributed by atoms with Gasteiger partial charge in [-0.25, -0.2) is 9.59 Å². The molecule has 0 spiro atoms. The first-order valence-corrected chi connectivity index (χ1v) is 15.8. The van der Waals surface area contributed by atoms with Gasteiger partial charge in [0.15, 0.2) is 0 Å². The Bertz CT molecular complexity index is 2280. The molecule has 0 saturated heterocycles. The molecular formula is C40H37ClN6O4. The fourth-order valence-electron chi connectivity index (χ4n) is 5.01. The van der Waals surface area contributed by atoms with Crippen molar-refractivity contribution in [3.8, 4) is 12.1 Å². The van der Waals surface area contributed by atoms with Crippen molar-refractivity contribution in [3.63, 3.8) is 0 Å². The molecule has 0 unspecified atom stereocenters. The molecule has 0 amide bonds. The maximum absolute atomic E-state index is 11.6. The summed E-state index contributed by atoms with van der Waals surface area (Å²) < 4.78 is 9.26. The van der Waals surface area contributed by atoms with E-state index < -0.39 is 5.97 Å². The van der Waals surface area contributed by atoms with Gasteiger partial charge >= 0.3 is 11.9 Å². The number of rotatable bonds is 5. The number of nitrogens with zero attached hydrogens (tertiary/aromatic N) is 6. The third-order valence-electron chi connectivity index (χ3n) is 7.30. The van der Waals surface area contributed by atoms with E-state index >= 15 is 0 Å². The van der Waals surface area contributed by atoms with Crippen molar-refractivity contribution in [3.05, 3.63) is 141 Å². The Labute approximate surface area is 302 Å². The highest BCUT2D eigenvalue weighted by Crippen LogP contribution is 2.22. The highest BCUT2D eigenvalue weighted by Gasteiger charge is 2.10. The molecule has 11 heteroatoms. The van der Waals surface area contributed by atoms with Crippen LogP contribution in [-0.2, 0) is 21.8 Å². The van der Waals surface area contributed by atoms with Crippen LogP contribution in [-0.4, -0.2) is 46.1 Å². The number of ether oxygens (including phenoxy) is 2. The smallest absolute Gasteiger partial charge is 0.337 e. The molecule has 10 nitrogen and oxygen atoms in total. The summed E-state index contributed by atoms with van der Waals surface area (Å²) in [4.78, 5) is 39.4. The summed E-state index contributed by atoms with van der Waals surface area (Å²) in [6, 6.07) is 22.6. The third kappa shape index (κ3) is 10.4. The van der Waals surface area contributed by atoms with E-state index in [0.717, 1.165) is 49.9 Å². The number of carbonyl (C=O) groups is 2. The maximum Gasteiger partial charge on any atom is 0.337 e. The second-order valence-corrected chi connectivity index (χ2v) is 11.5. The van der Waals surface area contributed by atoms with Crippen LogP contribution in [0.1, 0.15) is 72.9 Å². The van der Waals surface area contributed by atoms with Crippen LogP contribution < -0.4 is 0 Å². The minimum absolute atomic E-state index is 0. The molecule has 0 bridgehead atoms. The van der Waals surface area contributed by atoms with E-state index in [9.17, 15) is 14.9 Å². The molecule has 6 rings (SSSR count). The highest BCUT2D eigenvalue weighted by atomic mass is 35.5. The normalized spacial score (nSPS) is 9.88. The third-order valence-corrected chi connectivity index (χ3v) is 7.60. The van der Waals surface area contributed by atoms with Gasteiger partial charge < -0.3 is 9.47 Å². The van der Waals surface area contributed by atoms with E-state index in [1.807, 2.05) is 51.1 Å². The largest absolute Gasteiger partial charge is 0.465 e. The lowest BCUT2D eigenvalue weighted by Crippen LogP contribution is -2.03. The summed E-state index contributed by atoms with van der Waals surface area (Å²) in [5.74, 6) is -0.302. The number of hydrogen-bond donors (Lipinski definition) is 0. The first kappa shape index (κ1) is 39.2. The molecule has 0 saturated carbocycles. The number of carbonyl (C=O) groups excluding carboxylic acids is 2. The van der Waals surface area contributed by atoms with Gasteiger partial charge in [-0.05, 0) is 104 Å². The molecule has 0 N–H and O–H groups in total. The van der Waals surface area contributed by atoms with Crippen LogP contribution in [0.5, 0.6) is 0 Å². The lowest BCUT2D eigenvalue weighted by atomic mass is 10.0. The molecule has 258 valence electrons. The predicted molar refractivity (Wildman–Crippen MR) is 197 cm³/mol. The number of halogens is 1. The lowest BCUT2D eigenvalue weighted by Gasteiger charge is -2.07. The number of pyridine rings is 4. The average Bonchev–Trinajstić information content (AvgIpc) is 3.13. The first-order valence-electron chi connectivity index (χ1n) is 15.3. The number of benzene rings is 2. The number of fused-ring (bicyclic) bond motifs is 2. The van der Waals surface area contributed by atoms with Crippen molar-refractivity contribution < 1.29 is 19.1 Å². The van der Waals surface area contributed by atoms with Crippen molar-refractivity contribution in [1.29, 1.82) is 10.5 Å². The van der Waals surface area contributed by atoms with Crippen molar-refractivity contribution in [1.82, 2.24) is 19.9 Å². The van der Waals surface area contributed by atoms with Gasteiger partial charge in [-0.15, -0.1) is 11.6 Å². The summed E-state index contributed by atoms with van der Waals surface area (Å²) in [6.45, 7) is 5.77. The Balaban J connectivity index is 0.000000223. The molecule has 4 aromatic heterocycles. The van der Waals surface area contributed by atoms with Gasteiger partial charge in [-0.3, -0.25) is 19.9 Å². The quantitative estimate of drug-likeness (QED) is 0.127. The molecule has 0 fully saturated rings. The van der Waals surface area contributed by atoms with Crippen LogP contribution in [0.4, 0.5) is 0 Å². The molecule has 51 heavy (non-hydrogen) atoms. The predicted octanol–water partition coefficient (Wildman–Crippen LogP) is 8.15. The minimum Gasteiger partial charge on any atom is -0.465 e. The zero-order valence-electron chi connectivity index (χ0n) is 28.2. The number of hydrogen-bond acceptors (Lipinski definition) is 10. The van der Waals surface area contributed by atoms with Crippen molar-refractivity contribution in [2.24, 2.45) is 0 Å². The van der Waals surface area contributed by atoms with Gasteiger partial charge in [-0.2, -0.15) is 10.5 Å². The van der Waals surface area contributed by atoms with E-state index in [1.165, 1.54) is 14.2 Å². The van der Waals surface area contributed by atoms with Gasteiger partial charge in [0, 0.05) is 59.2 Å². The molecular weight excluding hydrogens is 664 g/mol. The Morgan fingerprint density at radius 2 is 1.18 bits per heavy atom. The Kier molecular flexibility index (Phi) is 14.2. The van der Waals surface area contributed by atoms with Gasteiger partial charge in [0.25, 0.3) is 0 Å². The second kappa shape index (κ2) is 18.5. The Morgan fingerprint density at radius 1 is 0.686 bits per heavy atom. The molecule has 0 atom stereocenters. The summed E-state index contributed by atoms with van der Waals surface area (Å²) in [5.41, 5.74) is 9.13. The minimum atomic E-state index is -0.394. The molecule has 0 aliphatic heterocycles. The van der Waals surface area contributed by atoms with Gasteiger partial charge in [0.2, 0.25) is 0 Å². The number of alkyl halides is 1. The molecule has 0 aliphatic carbocycles. The number of methoxy groups -OCH3 is 2. The second-order valence-electron chi connectivity index (χ2n) is 11.2. The van der Waals surface area contributed by atoms with E-state index in [4.69, 9.17) is 21.6 Å². The lowest BCUT2D eigenvalue weighted by molar-refractivity contribution is 0.0591. The van der Waals surface area contributed by atoms with Crippen LogP contribution >= 0.6 is 11.6 Å². The monoisotopic (exact) mass is 700 g/mol. The zero-order chi connectivity index (χ0) is 36.2. The number of aromatic nitrogens is 4. The van der Waals surface area contributed by atoms with Crippen LogP contribution in [0.15, 0.2) is 85.5 Å². The van der Waals surface area contributed by atoms with Gasteiger partial charge in [0.05, 0.1) is 47.5 Å². The fourth-order valence-corrected chi connectivity index (χ4v) is 5.17. The molecule has 2 aromatic carbocycles. The highest BCUT2D eigenvalue weighted by molar-refractivity contribution is 6.17. The van der Waals surface area contributed by atoms with Gasteiger partial charge in [0.1, 0.15) is 12.1 Å². The average molecular weight is 701 g/mol. The van der Waals surface area contributed by atoms with Crippen molar-refractivity contribution in [2.45, 2.75) is 40.5 Å². The van der Waals surface area contributed by atoms with E-state index in [2.05, 4.69) is 36.8 Å². The van der Waals surface area contributed by atoms with Crippen LogP contribution in [0.25, 0.3) is 21.8 Å². The summed E-state index contributed by atoms with van der Waals surface area (Å²) in [6.07, 6.45) is 7.21. The molecule has 0 radical (unpaired) electrons. The molecule has 4 heterocycles. The standard InChI is InChI=1S/C19H15N3O2.C12H9ClN2.C8H9NO2.CH4/c1-12-5-15-6-13(7-16(10-20)18(15)22-11-12)8-17-9-14(3-4-21-17)19(23)24-2;1-8-2-10-3-9(5-13)4-11(6-14)12(10)15-7-8;1-6-5-7(3-4-9-6)8(10)11-2;/h3-7,9,11H,8H2,1-2H3;2-4,7H,5H2,1H3;3-5H,1-2H3;1H4. The zero-order valence-corrected chi connectivity index (χ0v) is 28.9. The number of aryl methyl sites for hydroxylation is 3. The number of esters is 2. The molecule has 0 aliphatic rings. The van der Waals surface area contributed by atoms with E-state index in [0.29, 0.717) is 40.1 Å². The summed E-state index contributed by atoms with van der Waals surface area (Å²) >= 11 is 5.77. The van der Waals surface area contributed by atoms with Gasteiger partial charge in [-0.1, -0.05) is 7.43 Å². The topological polar surface area (TPSA) is 152 Å². The Morgan fingerprint density at radius 3 is 1.67 bits per heavy atom. The summed E-state index contributed by atoms with van der Waals surface area (Å²) in [7, 11) is 2.71. The SMILES string of the molecule is C.COC(=O)c1ccnc(C)c1.COC(=O)c1ccnc(Cc2cc(C#N)c3ncc(C)cc3c2)c1.Cc1cnc2c(C#N)cc(CCl)cc2c1. The van der Waals surface area contributed by atoms with E-state index in [1.54, 1.807) is 55.1 Å². The summed E-state index contributed by atoms with van der Waals surface area (Å²) in [5, 5.41) is 20.3. The first-order chi connectivity index (χ1) is 24.1. The Hall–Kier alpha value is -6.23. The fraction of sp³-hybridized carbons (Fsp3) is 0.200. The van der Waals surface area contributed by atoms with E-state index in [-0.39, 0.29) is 13.4 Å². The molecule has 6 aromatic rings. The van der Waals surface area contributed by atoms with Crippen molar-refractivity contribution >= 4 is 45.3 Å². The van der Waals surface area contributed by atoms with Crippen LogP contribution in [0.2, 0.25) is 0 Å². The van der Waals surface area contributed by atoms with Crippen LogP contribution in [0, 0.1) is 43.4 Å². The number of nitriles is 2. The maximum atomic E-state index is 11.6. The van der Waals surface area contributed by atoms with Crippen LogP contribution in [0.3, 0.4) is 0 Å². The van der Waals surface area contributed by atoms with Crippen molar-refractivity contribution in [2.75, 3.05) is 14.2 Å².